The monoisotopic (exact) mass is 417 g/mol. The third-order valence-electron chi connectivity index (χ3n) is 6.64. The van der Waals surface area contributed by atoms with Crippen LogP contribution in [0.1, 0.15) is 42.5 Å². The van der Waals surface area contributed by atoms with Crippen molar-refractivity contribution in [2.45, 2.75) is 57.1 Å². The number of carboxylic acid groups (broad SMARTS) is 1. The molecule has 2 fully saturated rings. The summed E-state index contributed by atoms with van der Waals surface area (Å²) in [5.41, 5.74) is 1.10. The van der Waals surface area contributed by atoms with Crippen molar-refractivity contribution in [3.05, 3.63) is 16.8 Å². The molecule has 0 bridgehead atoms. The van der Waals surface area contributed by atoms with Crippen LogP contribution in [-0.4, -0.2) is 64.4 Å². The van der Waals surface area contributed by atoms with Gasteiger partial charge in [-0.1, -0.05) is 0 Å². The van der Waals surface area contributed by atoms with Crippen LogP contribution in [0.2, 0.25) is 0 Å². The number of ether oxygens (including phenoxy) is 2. The zero-order valence-corrected chi connectivity index (χ0v) is 17.3. The summed E-state index contributed by atoms with van der Waals surface area (Å²) in [7, 11) is 0. The SMILES string of the molecule is O=C(O)[C@@H]1CCc2sc3ncnc(OC4CCC(N5CCOCC5)CC4)c3c2C1. The summed E-state index contributed by atoms with van der Waals surface area (Å²) in [4.78, 5) is 25.2. The summed E-state index contributed by atoms with van der Waals surface area (Å²) in [5, 5.41) is 10.4. The highest BCUT2D eigenvalue weighted by Gasteiger charge is 2.31. The molecule has 1 saturated heterocycles. The molecule has 7 nitrogen and oxygen atoms in total. The van der Waals surface area contributed by atoms with Gasteiger partial charge in [-0.25, -0.2) is 9.97 Å². The van der Waals surface area contributed by atoms with Gasteiger partial charge in [0.15, 0.2) is 0 Å². The lowest BCUT2D eigenvalue weighted by Crippen LogP contribution is -2.46. The van der Waals surface area contributed by atoms with Gasteiger partial charge in [-0.2, -0.15) is 0 Å². The topological polar surface area (TPSA) is 84.8 Å². The number of aryl methyl sites for hydroxylation is 1. The van der Waals surface area contributed by atoms with Gasteiger partial charge < -0.3 is 14.6 Å². The Morgan fingerprint density at radius 3 is 2.72 bits per heavy atom. The predicted octanol–water partition coefficient (Wildman–Crippen LogP) is 2.90. The van der Waals surface area contributed by atoms with Crippen LogP contribution in [0.15, 0.2) is 6.33 Å². The summed E-state index contributed by atoms with van der Waals surface area (Å²) >= 11 is 1.67. The first-order valence-corrected chi connectivity index (χ1v) is 11.5. The average molecular weight is 418 g/mol. The van der Waals surface area contributed by atoms with Gasteiger partial charge in [0.2, 0.25) is 5.88 Å². The van der Waals surface area contributed by atoms with Crippen molar-refractivity contribution in [2.24, 2.45) is 5.92 Å². The summed E-state index contributed by atoms with van der Waals surface area (Å²) in [5.74, 6) is -0.388. The largest absolute Gasteiger partial charge is 0.481 e. The summed E-state index contributed by atoms with van der Waals surface area (Å²) in [6.45, 7) is 3.76. The van der Waals surface area contributed by atoms with Crippen LogP contribution in [0.5, 0.6) is 5.88 Å². The van der Waals surface area contributed by atoms with E-state index in [-0.39, 0.29) is 12.0 Å². The van der Waals surface area contributed by atoms with E-state index in [1.807, 2.05) is 0 Å². The van der Waals surface area contributed by atoms with E-state index in [2.05, 4.69) is 14.9 Å². The molecule has 0 unspecified atom stereocenters. The van der Waals surface area contributed by atoms with E-state index < -0.39 is 5.97 Å². The van der Waals surface area contributed by atoms with Gasteiger partial charge in [-0.3, -0.25) is 9.69 Å². The zero-order valence-electron chi connectivity index (χ0n) is 16.5. The van der Waals surface area contributed by atoms with Gasteiger partial charge in [-0.15, -0.1) is 11.3 Å². The van der Waals surface area contributed by atoms with Crippen LogP contribution < -0.4 is 4.74 Å². The molecule has 8 heteroatoms. The third kappa shape index (κ3) is 3.85. The molecule has 156 valence electrons. The van der Waals surface area contributed by atoms with Gasteiger partial charge in [-0.05, 0) is 50.5 Å². The lowest BCUT2D eigenvalue weighted by Gasteiger charge is -2.38. The number of aliphatic carboxylic acids is 1. The second-order valence-corrected chi connectivity index (χ2v) is 9.42. The molecule has 2 aliphatic carbocycles. The van der Waals surface area contributed by atoms with Gasteiger partial charge in [0.05, 0.1) is 24.5 Å². The van der Waals surface area contributed by atoms with Gasteiger partial charge in [0.1, 0.15) is 17.3 Å². The van der Waals surface area contributed by atoms with Crippen molar-refractivity contribution in [2.75, 3.05) is 26.3 Å². The molecule has 2 aromatic rings. The number of fused-ring (bicyclic) bond motifs is 3. The maximum atomic E-state index is 11.5. The Balaban J connectivity index is 1.31. The van der Waals surface area contributed by atoms with Crippen LogP contribution >= 0.6 is 11.3 Å². The molecule has 0 radical (unpaired) electrons. The molecule has 2 aromatic heterocycles. The van der Waals surface area contributed by atoms with Gasteiger partial charge in [0, 0.05) is 24.0 Å². The van der Waals surface area contributed by atoms with E-state index in [1.165, 1.54) is 4.88 Å². The van der Waals surface area contributed by atoms with E-state index >= 15 is 0 Å². The van der Waals surface area contributed by atoms with Crippen LogP contribution in [0.3, 0.4) is 0 Å². The van der Waals surface area contributed by atoms with E-state index in [1.54, 1.807) is 17.7 Å². The smallest absolute Gasteiger partial charge is 0.306 e. The standard InChI is InChI=1S/C21H27N3O4S/c25-21(26)13-1-6-17-16(11-13)18-19(22-12-23-20(18)29-17)28-15-4-2-14(3-5-15)24-7-9-27-10-8-24/h12-15H,1-11H2,(H,25,26)/t13-,14?,15?/m1/s1. The normalized spacial score (nSPS) is 28.2. The highest BCUT2D eigenvalue weighted by atomic mass is 32.1. The van der Waals surface area contributed by atoms with E-state index in [0.29, 0.717) is 24.8 Å². The van der Waals surface area contributed by atoms with Crippen LogP contribution in [0.25, 0.3) is 10.2 Å². The van der Waals surface area contributed by atoms with Crippen molar-refractivity contribution in [1.82, 2.24) is 14.9 Å². The Bertz CT molecular complexity index is 887. The third-order valence-corrected chi connectivity index (χ3v) is 7.84. The number of carbonyl (C=O) groups is 1. The Morgan fingerprint density at radius 1 is 1.17 bits per heavy atom. The molecular formula is C21H27N3O4S. The fourth-order valence-corrected chi connectivity index (χ4v) is 6.18. The van der Waals surface area contributed by atoms with Crippen LogP contribution in [-0.2, 0) is 22.4 Å². The summed E-state index contributed by atoms with van der Waals surface area (Å²) < 4.78 is 11.9. The van der Waals surface area contributed by atoms with Crippen molar-refractivity contribution in [1.29, 1.82) is 0 Å². The predicted molar refractivity (Wildman–Crippen MR) is 110 cm³/mol. The minimum absolute atomic E-state index is 0.166. The number of aromatic nitrogens is 2. The maximum Gasteiger partial charge on any atom is 0.306 e. The van der Waals surface area contributed by atoms with E-state index in [9.17, 15) is 9.90 Å². The molecular weight excluding hydrogens is 390 g/mol. The van der Waals surface area contributed by atoms with Crippen LogP contribution in [0, 0.1) is 5.92 Å². The fourth-order valence-electron chi connectivity index (χ4n) is 5.01. The lowest BCUT2D eigenvalue weighted by molar-refractivity contribution is -0.142. The van der Waals surface area contributed by atoms with E-state index in [0.717, 1.165) is 74.2 Å². The second-order valence-electron chi connectivity index (χ2n) is 8.34. The Labute approximate surface area is 174 Å². The molecule has 0 aromatic carbocycles. The number of hydrogen-bond acceptors (Lipinski definition) is 7. The Morgan fingerprint density at radius 2 is 1.97 bits per heavy atom. The number of rotatable bonds is 4. The lowest BCUT2D eigenvalue weighted by atomic mass is 9.87. The molecule has 0 amide bonds. The highest BCUT2D eigenvalue weighted by molar-refractivity contribution is 7.18. The van der Waals surface area contributed by atoms with Crippen molar-refractivity contribution < 1.29 is 19.4 Å². The number of nitrogens with zero attached hydrogens (tertiary/aromatic N) is 3. The molecule has 1 N–H and O–H groups in total. The van der Waals surface area contributed by atoms with Crippen molar-refractivity contribution >= 4 is 27.5 Å². The van der Waals surface area contributed by atoms with E-state index in [4.69, 9.17) is 9.47 Å². The average Bonchev–Trinajstić information content (AvgIpc) is 3.13. The Hall–Kier alpha value is -1.77. The summed E-state index contributed by atoms with van der Waals surface area (Å²) in [6.07, 6.45) is 8.13. The minimum Gasteiger partial charge on any atom is -0.481 e. The Kier molecular flexibility index (Phi) is 5.41. The van der Waals surface area contributed by atoms with Crippen LogP contribution in [0.4, 0.5) is 0 Å². The second kappa shape index (κ2) is 8.16. The molecule has 0 spiro atoms. The molecule has 1 saturated carbocycles. The van der Waals surface area contributed by atoms with Crippen molar-refractivity contribution in [3.63, 3.8) is 0 Å². The zero-order chi connectivity index (χ0) is 19.8. The molecule has 1 aliphatic heterocycles. The van der Waals surface area contributed by atoms with Gasteiger partial charge in [0.25, 0.3) is 0 Å². The number of carboxylic acids is 1. The van der Waals surface area contributed by atoms with Crippen molar-refractivity contribution in [3.8, 4) is 5.88 Å². The molecule has 5 rings (SSSR count). The quantitative estimate of drug-likeness (QED) is 0.819. The number of hydrogen-bond donors (Lipinski definition) is 1. The van der Waals surface area contributed by atoms with Gasteiger partial charge >= 0.3 is 5.97 Å². The first-order valence-electron chi connectivity index (χ1n) is 10.7. The number of thiophene rings is 1. The first kappa shape index (κ1) is 19.2. The maximum absolute atomic E-state index is 11.5. The fraction of sp³-hybridized carbons (Fsp3) is 0.667. The highest BCUT2D eigenvalue weighted by Crippen LogP contribution is 2.41. The first-order chi connectivity index (χ1) is 14.2. The molecule has 3 heterocycles. The number of morpholine rings is 1. The molecule has 29 heavy (non-hydrogen) atoms. The minimum atomic E-state index is -0.712. The molecule has 3 aliphatic rings. The molecule has 1 atom stereocenters. The summed E-state index contributed by atoms with van der Waals surface area (Å²) in [6, 6.07) is 0.634.